The molecule has 3 heterocycles. The molecule has 8 heteroatoms. The number of hydrazine groups is 1. The number of carbonyl (C=O) groups is 1. The molecule has 2 aromatic rings. The lowest BCUT2D eigenvalue weighted by molar-refractivity contribution is -0.125. The summed E-state index contributed by atoms with van der Waals surface area (Å²) < 4.78 is 13.6. The second-order valence-electron chi connectivity index (χ2n) is 7.01. The maximum atomic E-state index is 13.6. The van der Waals surface area contributed by atoms with E-state index in [4.69, 9.17) is 0 Å². The Morgan fingerprint density at radius 1 is 1.26 bits per heavy atom. The summed E-state index contributed by atoms with van der Waals surface area (Å²) in [5.74, 6) is 0.0715. The Bertz CT molecular complexity index is 789. The van der Waals surface area contributed by atoms with E-state index in [0.717, 1.165) is 24.9 Å². The molecule has 0 spiro atoms. The number of nitrogens with one attached hydrogen (secondary N) is 3. The Balaban J connectivity index is 1.41. The van der Waals surface area contributed by atoms with Crippen molar-refractivity contribution in [2.45, 2.75) is 24.9 Å². The van der Waals surface area contributed by atoms with Gasteiger partial charge in [0.05, 0.1) is 12.0 Å². The highest BCUT2D eigenvalue weighted by molar-refractivity contribution is 5.80. The molecule has 2 aliphatic heterocycles. The minimum atomic E-state index is -0.300. The molecule has 0 radical (unpaired) electrons. The minimum Gasteiger partial charge on any atom is -0.351 e. The molecule has 27 heavy (non-hydrogen) atoms. The summed E-state index contributed by atoms with van der Waals surface area (Å²) in [6, 6.07) is 7.96. The number of aromatic nitrogens is 2. The van der Waals surface area contributed by atoms with Gasteiger partial charge in [-0.05, 0) is 36.6 Å². The van der Waals surface area contributed by atoms with Gasteiger partial charge in [0.15, 0.2) is 0 Å². The Labute approximate surface area is 157 Å². The number of piperidine rings is 1. The SMILES string of the molecule is O=C(NC1CCCN(c2ncccn2)C1)C1CNNC1c1cccc(F)c1. The average molecular weight is 370 g/mol. The molecule has 3 atom stereocenters. The Kier molecular flexibility index (Phi) is 5.26. The molecule has 7 nitrogen and oxygen atoms in total. The fourth-order valence-corrected chi connectivity index (χ4v) is 3.80. The number of nitrogens with zero attached hydrogens (tertiary/aromatic N) is 3. The van der Waals surface area contributed by atoms with Gasteiger partial charge in [-0.2, -0.15) is 0 Å². The van der Waals surface area contributed by atoms with Crippen molar-refractivity contribution in [3.05, 3.63) is 54.1 Å². The van der Waals surface area contributed by atoms with E-state index in [1.807, 2.05) is 6.07 Å². The summed E-state index contributed by atoms with van der Waals surface area (Å²) >= 11 is 0. The van der Waals surface area contributed by atoms with E-state index in [-0.39, 0.29) is 29.7 Å². The first-order chi connectivity index (χ1) is 13.2. The van der Waals surface area contributed by atoms with E-state index in [2.05, 4.69) is 31.0 Å². The van der Waals surface area contributed by atoms with Gasteiger partial charge in [-0.1, -0.05) is 12.1 Å². The summed E-state index contributed by atoms with van der Waals surface area (Å²) in [4.78, 5) is 23.6. The molecule has 2 fully saturated rings. The van der Waals surface area contributed by atoms with Gasteiger partial charge in [0, 0.05) is 38.1 Å². The van der Waals surface area contributed by atoms with Crippen LogP contribution in [0.15, 0.2) is 42.7 Å². The second kappa shape index (κ2) is 7.98. The lowest BCUT2D eigenvalue weighted by atomic mass is 9.93. The van der Waals surface area contributed by atoms with E-state index in [0.29, 0.717) is 19.0 Å². The van der Waals surface area contributed by atoms with Crippen LogP contribution in [0.4, 0.5) is 10.3 Å². The molecule has 3 unspecified atom stereocenters. The maximum Gasteiger partial charge on any atom is 0.226 e. The first-order valence-electron chi connectivity index (χ1n) is 9.27. The largest absolute Gasteiger partial charge is 0.351 e. The van der Waals surface area contributed by atoms with Crippen molar-refractivity contribution >= 4 is 11.9 Å². The predicted molar refractivity (Wildman–Crippen MR) is 99.2 cm³/mol. The zero-order valence-electron chi connectivity index (χ0n) is 14.9. The number of hydrogen-bond donors (Lipinski definition) is 3. The third kappa shape index (κ3) is 4.06. The van der Waals surface area contributed by atoms with Crippen molar-refractivity contribution in [3.8, 4) is 0 Å². The fraction of sp³-hybridized carbons (Fsp3) is 0.421. The molecule has 3 N–H and O–H groups in total. The molecule has 0 bridgehead atoms. The maximum absolute atomic E-state index is 13.6. The van der Waals surface area contributed by atoms with Crippen LogP contribution in [0.2, 0.25) is 0 Å². The first-order valence-corrected chi connectivity index (χ1v) is 9.27. The standard InChI is InChI=1S/C19H23FN6O/c20-14-5-1-4-13(10-14)17-16(11-23-25-17)18(27)24-15-6-2-9-26(12-15)19-21-7-3-8-22-19/h1,3-5,7-8,10,15-17,23,25H,2,6,9,11-12H2,(H,24,27). The second-order valence-corrected chi connectivity index (χ2v) is 7.01. The highest BCUT2D eigenvalue weighted by Gasteiger charge is 2.35. The van der Waals surface area contributed by atoms with Crippen LogP contribution in [0, 0.1) is 11.7 Å². The molecular formula is C19H23FN6O. The minimum absolute atomic E-state index is 0.0254. The Morgan fingerprint density at radius 3 is 2.93 bits per heavy atom. The number of halogens is 1. The molecule has 1 aromatic heterocycles. The Morgan fingerprint density at radius 2 is 2.11 bits per heavy atom. The van der Waals surface area contributed by atoms with E-state index >= 15 is 0 Å². The van der Waals surface area contributed by atoms with Gasteiger partial charge in [0.2, 0.25) is 11.9 Å². The number of amides is 1. The van der Waals surface area contributed by atoms with Crippen molar-refractivity contribution < 1.29 is 9.18 Å². The summed E-state index contributed by atoms with van der Waals surface area (Å²) in [6.45, 7) is 2.08. The average Bonchev–Trinajstić information content (AvgIpc) is 3.19. The molecule has 1 amide bonds. The third-order valence-corrected chi connectivity index (χ3v) is 5.13. The molecule has 4 rings (SSSR count). The van der Waals surface area contributed by atoms with Crippen molar-refractivity contribution in [2.75, 3.05) is 24.5 Å². The van der Waals surface area contributed by atoms with Gasteiger partial charge in [0.25, 0.3) is 0 Å². The van der Waals surface area contributed by atoms with Gasteiger partial charge < -0.3 is 10.2 Å². The van der Waals surface area contributed by atoms with E-state index in [1.165, 1.54) is 12.1 Å². The number of hydrogen-bond acceptors (Lipinski definition) is 6. The zero-order valence-corrected chi connectivity index (χ0v) is 14.9. The van der Waals surface area contributed by atoms with Crippen molar-refractivity contribution in [2.24, 2.45) is 5.92 Å². The molecule has 2 aliphatic rings. The van der Waals surface area contributed by atoms with Crippen LogP contribution in [0.25, 0.3) is 0 Å². The summed E-state index contributed by atoms with van der Waals surface area (Å²) in [5, 5.41) is 3.16. The van der Waals surface area contributed by atoms with E-state index < -0.39 is 0 Å². The van der Waals surface area contributed by atoms with E-state index in [9.17, 15) is 9.18 Å². The van der Waals surface area contributed by atoms with Crippen LogP contribution in [-0.4, -0.2) is 41.6 Å². The first kappa shape index (κ1) is 17.8. The zero-order chi connectivity index (χ0) is 18.6. The topological polar surface area (TPSA) is 82.2 Å². The van der Waals surface area contributed by atoms with Gasteiger partial charge in [-0.3, -0.25) is 10.2 Å². The molecule has 142 valence electrons. The molecule has 0 saturated carbocycles. The fourth-order valence-electron chi connectivity index (χ4n) is 3.80. The van der Waals surface area contributed by atoms with Crippen LogP contribution in [0.1, 0.15) is 24.4 Å². The molecule has 0 aliphatic carbocycles. The van der Waals surface area contributed by atoms with Gasteiger partial charge in [-0.25, -0.2) is 19.8 Å². The third-order valence-electron chi connectivity index (χ3n) is 5.13. The molecule has 2 saturated heterocycles. The van der Waals surface area contributed by atoms with Crippen LogP contribution in [-0.2, 0) is 4.79 Å². The lowest BCUT2D eigenvalue weighted by Crippen LogP contribution is -2.50. The number of rotatable bonds is 4. The van der Waals surface area contributed by atoms with Crippen molar-refractivity contribution in [3.63, 3.8) is 0 Å². The molecular weight excluding hydrogens is 347 g/mol. The van der Waals surface area contributed by atoms with E-state index in [1.54, 1.807) is 24.5 Å². The van der Waals surface area contributed by atoms with Gasteiger partial charge in [0.1, 0.15) is 5.82 Å². The quantitative estimate of drug-likeness (QED) is 0.750. The van der Waals surface area contributed by atoms with Crippen LogP contribution in [0.3, 0.4) is 0 Å². The summed E-state index contributed by atoms with van der Waals surface area (Å²) in [7, 11) is 0. The monoisotopic (exact) mass is 370 g/mol. The Hall–Kier alpha value is -2.58. The van der Waals surface area contributed by atoms with Gasteiger partial charge in [-0.15, -0.1) is 0 Å². The highest BCUT2D eigenvalue weighted by atomic mass is 19.1. The number of carbonyl (C=O) groups excluding carboxylic acids is 1. The van der Waals surface area contributed by atoms with Gasteiger partial charge >= 0.3 is 0 Å². The lowest BCUT2D eigenvalue weighted by Gasteiger charge is -2.33. The van der Waals surface area contributed by atoms with Crippen molar-refractivity contribution in [1.82, 2.24) is 26.1 Å². The van der Waals surface area contributed by atoms with Crippen LogP contribution >= 0.6 is 0 Å². The smallest absolute Gasteiger partial charge is 0.226 e. The molecule has 1 aromatic carbocycles. The van der Waals surface area contributed by atoms with Crippen LogP contribution < -0.4 is 21.1 Å². The summed E-state index contributed by atoms with van der Waals surface area (Å²) in [6.07, 6.45) is 5.35. The summed E-state index contributed by atoms with van der Waals surface area (Å²) in [5.41, 5.74) is 6.89. The van der Waals surface area contributed by atoms with Crippen molar-refractivity contribution in [1.29, 1.82) is 0 Å². The predicted octanol–water partition coefficient (Wildman–Crippen LogP) is 1.17. The number of benzene rings is 1. The van der Waals surface area contributed by atoms with Crippen LogP contribution in [0.5, 0.6) is 0 Å². The normalized spacial score (nSPS) is 25.4. The highest BCUT2D eigenvalue weighted by Crippen LogP contribution is 2.26. The number of anilines is 1.